The molecule has 0 radical (unpaired) electrons. The monoisotopic (exact) mass is 236 g/mol. The van der Waals surface area contributed by atoms with Gasteiger partial charge in [-0.3, -0.25) is 0 Å². The fourth-order valence-corrected chi connectivity index (χ4v) is 0.704. The standard InChI is InChI=1S/C6H12F2N2O2.ClH.H2O/c7-4(8)6(10,5(11)12)2-1-3-9;;/h4H,1-3,9-10H2,(H,11,12);1H;1H2/t6-;;/m0../s1. The summed E-state index contributed by atoms with van der Waals surface area (Å²) in [5, 5.41) is 8.38. The molecule has 0 aromatic carbocycles. The second-order valence-electron chi connectivity index (χ2n) is 2.54. The van der Waals surface area contributed by atoms with Crippen LogP contribution < -0.4 is 11.5 Å². The summed E-state index contributed by atoms with van der Waals surface area (Å²) in [6.07, 6.45) is -3.20. The van der Waals surface area contributed by atoms with Gasteiger partial charge in [-0.05, 0) is 19.4 Å². The molecule has 0 saturated carbocycles. The first-order valence-electron chi connectivity index (χ1n) is 3.45. The molecule has 8 heteroatoms. The zero-order chi connectivity index (χ0) is 9.78. The normalized spacial score (nSPS) is 13.8. The first-order chi connectivity index (χ1) is 5.45. The first-order valence-corrected chi connectivity index (χ1v) is 3.45. The molecule has 0 unspecified atom stereocenters. The summed E-state index contributed by atoms with van der Waals surface area (Å²) in [7, 11) is 0. The lowest BCUT2D eigenvalue weighted by Gasteiger charge is -2.22. The smallest absolute Gasteiger partial charge is 0.329 e. The predicted molar refractivity (Wildman–Crippen MR) is 49.7 cm³/mol. The Bertz CT molecular complexity index is 173. The van der Waals surface area contributed by atoms with Gasteiger partial charge in [0.2, 0.25) is 0 Å². The highest BCUT2D eigenvalue weighted by atomic mass is 35.5. The lowest BCUT2D eigenvalue weighted by Crippen LogP contribution is -2.54. The molecule has 0 aliphatic rings. The lowest BCUT2D eigenvalue weighted by atomic mass is 9.95. The van der Waals surface area contributed by atoms with Crippen LogP contribution >= 0.6 is 12.4 Å². The van der Waals surface area contributed by atoms with Gasteiger partial charge < -0.3 is 22.1 Å². The fraction of sp³-hybridized carbons (Fsp3) is 0.833. The number of aliphatic carboxylic acids is 1. The highest BCUT2D eigenvalue weighted by Crippen LogP contribution is 2.18. The molecule has 14 heavy (non-hydrogen) atoms. The molecule has 0 aliphatic carbocycles. The van der Waals surface area contributed by atoms with Crippen LogP contribution in [0.15, 0.2) is 0 Å². The van der Waals surface area contributed by atoms with Crippen LogP contribution in [-0.4, -0.2) is 35.1 Å². The van der Waals surface area contributed by atoms with Crippen LogP contribution in [-0.2, 0) is 4.79 Å². The molecular formula is C6H15ClF2N2O3. The fourth-order valence-electron chi connectivity index (χ4n) is 0.704. The van der Waals surface area contributed by atoms with Crippen molar-refractivity contribution >= 4 is 18.4 Å². The van der Waals surface area contributed by atoms with Gasteiger partial charge in [-0.15, -0.1) is 12.4 Å². The van der Waals surface area contributed by atoms with Crippen molar-refractivity contribution in [3.8, 4) is 0 Å². The molecule has 5 nitrogen and oxygen atoms in total. The van der Waals surface area contributed by atoms with E-state index < -0.39 is 17.9 Å². The Morgan fingerprint density at radius 3 is 2.14 bits per heavy atom. The number of hydrogen-bond acceptors (Lipinski definition) is 3. The molecule has 0 heterocycles. The van der Waals surface area contributed by atoms with Crippen molar-refractivity contribution in [2.45, 2.75) is 24.8 Å². The molecule has 0 spiro atoms. The van der Waals surface area contributed by atoms with Gasteiger partial charge in [0.15, 0.2) is 5.54 Å². The molecule has 0 aromatic heterocycles. The molecule has 0 amide bonds. The predicted octanol–water partition coefficient (Wildman–Crippen LogP) is -0.630. The highest BCUT2D eigenvalue weighted by molar-refractivity contribution is 5.85. The second-order valence-corrected chi connectivity index (χ2v) is 2.54. The molecule has 0 rings (SSSR count). The van der Waals surface area contributed by atoms with Crippen molar-refractivity contribution in [1.29, 1.82) is 0 Å². The Morgan fingerprint density at radius 1 is 1.50 bits per heavy atom. The third kappa shape index (κ3) is 4.66. The van der Waals surface area contributed by atoms with Crippen LogP contribution in [0.3, 0.4) is 0 Å². The van der Waals surface area contributed by atoms with E-state index in [0.717, 1.165) is 0 Å². The topological polar surface area (TPSA) is 121 Å². The van der Waals surface area contributed by atoms with Gasteiger partial charge in [0.1, 0.15) is 0 Å². The number of halogens is 3. The van der Waals surface area contributed by atoms with E-state index in [-0.39, 0.29) is 37.3 Å². The van der Waals surface area contributed by atoms with Crippen LogP contribution in [0.5, 0.6) is 0 Å². The summed E-state index contributed by atoms with van der Waals surface area (Å²) in [4.78, 5) is 10.3. The average molecular weight is 237 g/mol. The summed E-state index contributed by atoms with van der Waals surface area (Å²) in [6.45, 7) is 0.152. The van der Waals surface area contributed by atoms with Crippen LogP contribution in [0.1, 0.15) is 12.8 Å². The van der Waals surface area contributed by atoms with E-state index in [1.54, 1.807) is 0 Å². The summed E-state index contributed by atoms with van der Waals surface area (Å²) in [5.41, 5.74) is 7.56. The van der Waals surface area contributed by atoms with E-state index in [1.165, 1.54) is 0 Å². The Balaban J connectivity index is -0.000000605. The summed E-state index contributed by atoms with van der Waals surface area (Å²) in [6, 6.07) is 0. The molecule has 0 fully saturated rings. The molecule has 0 aliphatic heterocycles. The maximum absolute atomic E-state index is 12.1. The van der Waals surface area contributed by atoms with Gasteiger partial charge in [0.25, 0.3) is 6.43 Å². The zero-order valence-electron chi connectivity index (χ0n) is 7.37. The largest absolute Gasteiger partial charge is 0.480 e. The third-order valence-electron chi connectivity index (χ3n) is 1.58. The number of alkyl halides is 2. The van der Waals surface area contributed by atoms with Crippen molar-refractivity contribution in [2.75, 3.05) is 6.54 Å². The Labute approximate surface area is 86.2 Å². The Hall–Kier alpha value is -0.500. The van der Waals surface area contributed by atoms with E-state index in [4.69, 9.17) is 16.6 Å². The van der Waals surface area contributed by atoms with Gasteiger partial charge >= 0.3 is 5.97 Å². The number of carbonyl (C=O) groups is 1. The van der Waals surface area contributed by atoms with Gasteiger partial charge in [0, 0.05) is 0 Å². The molecule has 0 saturated heterocycles. The summed E-state index contributed by atoms with van der Waals surface area (Å²) < 4.78 is 24.2. The van der Waals surface area contributed by atoms with E-state index >= 15 is 0 Å². The summed E-state index contributed by atoms with van der Waals surface area (Å²) >= 11 is 0. The number of carboxylic acid groups (broad SMARTS) is 1. The molecule has 0 aromatic rings. The van der Waals surface area contributed by atoms with Gasteiger partial charge in [0.05, 0.1) is 0 Å². The van der Waals surface area contributed by atoms with Crippen LogP contribution in [0.4, 0.5) is 8.78 Å². The minimum atomic E-state index is -3.07. The second kappa shape index (κ2) is 7.86. The van der Waals surface area contributed by atoms with Gasteiger partial charge in [-0.2, -0.15) is 0 Å². The molecule has 88 valence electrons. The number of rotatable bonds is 5. The van der Waals surface area contributed by atoms with E-state index in [0.29, 0.717) is 0 Å². The van der Waals surface area contributed by atoms with E-state index in [1.807, 2.05) is 0 Å². The maximum atomic E-state index is 12.1. The SMILES string of the molecule is Cl.NCCC[C@@](N)(C(=O)O)C(F)F.O. The minimum Gasteiger partial charge on any atom is -0.480 e. The molecule has 7 N–H and O–H groups in total. The zero-order valence-corrected chi connectivity index (χ0v) is 8.19. The maximum Gasteiger partial charge on any atom is 0.329 e. The van der Waals surface area contributed by atoms with Crippen LogP contribution in [0.25, 0.3) is 0 Å². The Kier molecular flexibility index (Phi) is 10.7. The highest BCUT2D eigenvalue weighted by Gasteiger charge is 2.42. The third-order valence-corrected chi connectivity index (χ3v) is 1.58. The first kappa shape index (κ1) is 19.1. The van der Waals surface area contributed by atoms with Crippen molar-refractivity contribution in [3.63, 3.8) is 0 Å². The molecular weight excluding hydrogens is 222 g/mol. The molecule has 1 atom stereocenters. The van der Waals surface area contributed by atoms with Crippen molar-refractivity contribution in [2.24, 2.45) is 11.5 Å². The van der Waals surface area contributed by atoms with Gasteiger partial charge in [-0.25, -0.2) is 13.6 Å². The van der Waals surface area contributed by atoms with E-state index in [9.17, 15) is 13.6 Å². The summed E-state index contributed by atoms with van der Waals surface area (Å²) in [5.74, 6) is -1.69. The van der Waals surface area contributed by atoms with Crippen molar-refractivity contribution in [3.05, 3.63) is 0 Å². The van der Waals surface area contributed by atoms with Crippen molar-refractivity contribution in [1.82, 2.24) is 0 Å². The quantitative estimate of drug-likeness (QED) is 0.588. The van der Waals surface area contributed by atoms with Gasteiger partial charge in [-0.1, -0.05) is 0 Å². The van der Waals surface area contributed by atoms with Crippen molar-refractivity contribution < 1.29 is 24.2 Å². The number of hydrogen-bond donors (Lipinski definition) is 3. The van der Waals surface area contributed by atoms with Crippen LogP contribution in [0, 0.1) is 0 Å². The number of carboxylic acids is 1. The number of nitrogens with two attached hydrogens (primary N) is 2. The molecule has 0 bridgehead atoms. The lowest BCUT2D eigenvalue weighted by molar-refractivity contribution is -0.150. The van der Waals surface area contributed by atoms with Crippen LogP contribution in [0.2, 0.25) is 0 Å². The average Bonchev–Trinajstić information content (AvgIpc) is 1.99. The Morgan fingerprint density at radius 2 is 1.93 bits per heavy atom. The van der Waals surface area contributed by atoms with E-state index in [2.05, 4.69) is 0 Å². The minimum absolute atomic E-state index is 0.